The van der Waals surface area contributed by atoms with Gasteiger partial charge in [0.1, 0.15) is 11.4 Å². The molecule has 3 heterocycles. The van der Waals surface area contributed by atoms with Crippen LogP contribution in [-0.2, 0) is 6.18 Å². The van der Waals surface area contributed by atoms with Crippen molar-refractivity contribution in [1.82, 2.24) is 15.0 Å². The number of aromatic nitrogens is 3. The maximum atomic E-state index is 14.0. The van der Waals surface area contributed by atoms with E-state index in [1.807, 2.05) is 13.8 Å². The maximum absolute atomic E-state index is 14.0. The Bertz CT molecular complexity index is 1570. The second kappa shape index (κ2) is 10.3. The van der Waals surface area contributed by atoms with Crippen LogP contribution < -0.4 is 15.9 Å². The van der Waals surface area contributed by atoms with Crippen LogP contribution in [0.15, 0.2) is 41.5 Å². The molecule has 1 amide bonds. The van der Waals surface area contributed by atoms with E-state index < -0.39 is 40.6 Å². The number of halogens is 5. The number of fused-ring (bicyclic) bond motifs is 1. The number of ether oxygens (including phenoxy) is 1. The van der Waals surface area contributed by atoms with Gasteiger partial charge in [-0.2, -0.15) is 13.2 Å². The molecule has 0 saturated heterocycles. The molecule has 0 radical (unpaired) electrons. The van der Waals surface area contributed by atoms with Gasteiger partial charge in [-0.3, -0.25) is 14.6 Å². The summed E-state index contributed by atoms with van der Waals surface area (Å²) in [7, 11) is 0. The van der Waals surface area contributed by atoms with Crippen molar-refractivity contribution in [2.75, 3.05) is 0 Å². The van der Waals surface area contributed by atoms with Gasteiger partial charge in [-0.05, 0) is 37.6 Å². The zero-order valence-corrected chi connectivity index (χ0v) is 20.1. The number of primary amides is 1. The van der Waals surface area contributed by atoms with Crippen molar-refractivity contribution in [3.63, 3.8) is 0 Å². The van der Waals surface area contributed by atoms with E-state index in [0.717, 1.165) is 25.1 Å². The van der Waals surface area contributed by atoms with Crippen LogP contribution >= 0.6 is 0 Å². The fraction of sp³-hybridized carbons (Fsp3) is 0.200. The Morgan fingerprint density at radius 2 is 1.73 bits per heavy atom. The van der Waals surface area contributed by atoms with Gasteiger partial charge in [0.2, 0.25) is 5.88 Å². The number of aromatic amines is 1. The molecule has 0 spiro atoms. The number of nitrogens with two attached hydrogens (primary N) is 1. The Balaban J connectivity index is 0.00000186. The fourth-order valence-corrected chi connectivity index (χ4v) is 3.63. The predicted octanol–water partition coefficient (Wildman–Crippen LogP) is 5.82. The van der Waals surface area contributed by atoms with E-state index in [2.05, 4.69) is 15.0 Å². The molecule has 12 heteroatoms. The summed E-state index contributed by atoms with van der Waals surface area (Å²) < 4.78 is 74.1. The van der Waals surface area contributed by atoms with Crippen molar-refractivity contribution < 1.29 is 31.5 Å². The van der Waals surface area contributed by atoms with Crippen molar-refractivity contribution >= 4 is 16.8 Å². The number of H-pyrrole nitrogens is 1. The number of pyridine rings is 3. The van der Waals surface area contributed by atoms with Crippen LogP contribution in [0.4, 0.5) is 22.0 Å². The zero-order valence-electron chi connectivity index (χ0n) is 20.1. The van der Waals surface area contributed by atoms with Crippen LogP contribution in [-0.4, -0.2) is 20.9 Å². The Kier molecular flexibility index (Phi) is 7.61. The minimum atomic E-state index is -4.79. The third kappa shape index (κ3) is 5.13. The van der Waals surface area contributed by atoms with Gasteiger partial charge in [-0.1, -0.05) is 13.8 Å². The van der Waals surface area contributed by atoms with E-state index in [-0.39, 0.29) is 44.7 Å². The Hall–Kier alpha value is -4.35. The summed E-state index contributed by atoms with van der Waals surface area (Å²) in [6.45, 7) is 6.37. The number of rotatable bonds is 4. The molecule has 4 rings (SSSR count). The highest BCUT2D eigenvalue weighted by atomic mass is 19.4. The first-order valence-electron chi connectivity index (χ1n) is 10.9. The molecule has 194 valence electrons. The molecule has 0 unspecified atom stereocenters. The van der Waals surface area contributed by atoms with Gasteiger partial charge in [0.15, 0.2) is 17.1 Å². The Labute approximate surface area is 207 Å². The smallest absolute Gasteiger partial charge is 0.418 e. The van der Waals surface area contributed by atoms with E-state index in [0.29, 0.717) is 6.20 Å². The maximum Gasteiger partial charge on any atom is 0.418 e. The van der Waals surface area contributed by atoms with E-state index in [9.17, 15) is 31.5 Å². The Morgan fingerprint density at radius 1 is 1.05 bits per heavy atom. The summed E-state index contributed by atoms with van der Waals surface area (Å²) in [5.41, 5.74) is 2.22. The van der Waals surface area contributed by atoms with Crippen LogP contribution in [0.1, 0.15) is 41.0 Å². The highest BCUT2D eigenvalue weighted by Crippen LogP contribution is 2.41. The first-order chi connectivity index (χ1) is 17.4. The zero-order chi connectivity index (χ0) is 27.7. The number of nitrogens with zero attached hydrogens (tertiary/aromatic N) is 2. The second-order valence-corrected chi connectivity index (χ2v) is 7.55. The molecular weight excluding hydrogens is 499 g/mol. The second-order valence-electron chi connectivity index (χ2n) is 7.55. The summed E-state index contributed by atoms with van der Waals surface area (Å²) in [5, 5.41) is -0.153. The van der Waals surface area contributed by atoms with Crippen LogP contribution in [0.25, 0.3) is 22.2 Å². The van der Waals surface area contributed by atoms with E-state index >= 15 is 0 Å². The molecule has 4 aromatic rings. The van der Waals surface area contributed by atoms with Gasteiger partial charge in [0.05, 0.1) is 27.7 Å². The van der Waals surface area contributed by atoms with Crippen molar-refractivity contribution in [2.24, 2.45) is 5.73 Å². The van der Waals surface area contributed by atoms with Crippen molar-refractivity contribution in [2.45, 2.75) is 33.9 Å². The molecule has 0 aliphatic carbocycles. The molecule has 0 aliphatic heterocycles. The van der Waals surface area contributed by atoms with E-state index in [4.69, 9.17) is 10.5 Å². The normalized spacial score (nSPS) is 11.2. The molecule has 0 bridgehead atoms. The summed E-state index contributed by atoms with van der Waals surface area (Å²) in [6, 6.07) is 4.18. The molecule has 0 fully saturated rings. The molecule has 7 nitrogen and oxygen atoms in total. The van der Waals surface area contributed by atoms with Crippen molar-refractivity contribution in [1.29, 1.82) is 0 Å². The molecule has 0 atom stereocenters. The van der Waals surface area contributed by atoms with Crippen molar-refractivity contribution in [3.05, 3.63) is 80.9 Å². The minimum absolute atomic E-state index is 0.0723. The summed E-state index contributed by atoms with van der Waals surface area (Å²) >= 11 is 0. The van der Waals surface area contributed by atoms with Crippen LogP contribution in [0.5, 0.6) is 11.6 Å². The van der Waals surface area contributed by atoms with Crippen molar-refractivity contribution in [3.8, 4) is 22.9 Å². The number of benzene rings is 1. The number of carbonyl (C=O) groups excluding carboxylic acids is 1. The van der Waals surface area contributed by atoms with Gasteiger partial charge < -0.3 is 15.5 Å². The third-order valence-electron chi connectivity index (χ3n) is 5.35. The lowest BCUT2D eigenvalue weighted by Gasteiger charge is -2.18. The third-order valence-corrected chi connectivity index (χ3v) is 5.35. The largest absolute Gasteiger partial charge is 0.438 e. The highest BCUT2D eigenvalue weighted by molar-refractivity contribution is 6.03. The number of hydrogen-bond donors (Lipinski definition) is 2. The number of nitrogens with one attached hydrogen (secondary N) is 1. The monoisotopic (exact) mass is 520 g/mol. The van der Waals surface area contributed by atoms with Crippen LogP contribution in [0.2, 0.25) is 0 Å². The number of carbonyl (C=O) groups is 1. The summed E-state index contributed by atoms with van der Waals surface area (Å²) in [5.74, 6) is -3.89. The molecule has 1 aromatic carbocycles. The van der Waals surface area contributed by atoms with Crippen LogP contribution in [0.3, 0.4) is 0 Å². The fourth-order valence-electron chi connectivity index (χ4n) is 3.63. The average molecular weight is 520 g/mol. The lowest BCUT2D eigenvalue weighted by molar-refractivity contribution is -0.138. The number of amides is 1. The number of hydrogen-bond acceptors (Lipinski definition) is 5. The standard InChI is InChI=1S/C23H15F5N4O3.C2H6/c1-9-11(23(26,27)28)8-31-22(35-16-4-3-12(24)19(25)10(16)2)17(9)14-7-15(33)18-13(32-14)5-6-30-20(18)21(29)34;1-2/h3-8H,1-2H3,(H2,29,34)(H,32,33);1-2H3. The molecule has 3 aromatic heterocycles. The molecule has 0 saturated carbocycles. The average Bonchev–Trinajstić information content (AvgIpc) is 2.84. The first kappa shape index (κ1) is 27.2. The molecule has 0 aliphatic rings. The van der Waals surface area contributed by atoms with Gasteiger partial charge in [-0.25, -0.2) is 13.8 Å². The molecule has 37 heavy (non-hydrogen) atoms. The molecule has 3 N–H and O–H groups in total. The van der Waals surface area contributed by atoms with Gasteiger partial charge in [0.25, 0.3) is 5.91 Å². The van der Waals surface area contributed by atoms with E-state index in [1.54, 1.807) is 0 Å². The van der Waals surface area contributed by atoms with Crippen LogP contribution in [0, 0.1) is 25.5 Å². The molecular formula is C25H21F5N4O3. The van der Waals surface area contributed by atoms with Gasteiger partial charge >= 0.3 is 6.18 Å². The summed E-state index contributed by atoms with van der Waals surface area (Å²) in [4.78, 5) is 34.9. The van der Waals surface area contributed by atoms with E-state index in [1.165, 1.54) is 19.2 Å². The topological polar surface area (TPSA) is 111 Å². The lowest BCUT2D eigenvalue weighted by Crippen LogP contribution is -2.18. The number of alkyl halides is 3. The minimum Gasteiger partial charge on any atom is -0.438 e. The first-order valence-corrected chi connectivity index (χ1v) is 10.9. The summed E-state index contributed by atoms with van der Waals surface area (Å²) in [6.07, 6.45) is -3.05. The predicted molar refractivity (Wildman–Crippen MR) is 126 cm³/mol. The Morgan fingerprint density at radius 3 is 2.35 bits per heavy atom. The van der Waals surface area contributed by atoms with Gasteiger partial charge in [-0.15, -0.1) is 0 Å². The SMILES string of the molecule is CC.Cc1c(Oc2ncc(C(F)(F)F)c(C)c2-c2cc(=O)c3c(C(N)=O)nccc3[nH]2)ccc(F)c1F. The quantitative estimate of drug-likeness (QED) is 0.330. The highest BCUT2D eigenvalue weighted by Gasteiger charge is 2.35. The van der Waals surface area contributed by atoms with Gasteiger partial charge in [0, 0.05) is 24.0 Å². The lowest BCUT2D eigenvalue weighted by atomic mass is 10.0.